The number of amides is 1. The number of nitrogens with two attached hydrogens (primary N) is 1. The topological polar surface area (TPSA) is 72.9 Å². The summed E-state index contributed by atoms with van der Waals surface area (Å²) < 4.78 is 1.90. The zero-order valence-corrected chi connectivity index (χ0v) is 10.4. The minimum atomic E-state index is 0.0982. The molecule has 2 heterocycles. The summed E-state index contributed by atoms with van der Waals surface area (Å²) >= 11 is 6.08. The van der Waals surface area contributed by atoms with E-state index in [-0.39, 0.29) is 11.9 Å². The lowest BCUT2D eigenvalue weighted by Gasteiger charge is -2.12. The number of nitrogens with one attached hydrogen (secondary N) is 1. The van der Waals surface area contributed by atoms with Gasteiger partial charge in [0.05, 0.1) is 10.5 Å². The largest absolute Gasteiger partial charge is 0.369 e. The Labute approximate surface area is 109 Å². The third kappa shape index (κ3) is 1.80. The van der Waals surface area contributed by atoms with E-state index in [2.05, 4.69) is 10.3 Å². The molecule has 1 aliphatic rings. The average Bonchev–Trinajstić information content (AvgIpc) is 2.87. The fourth-order valence-corrected chi connectivity index (χ4v) is 2.57. The van der Waals surface area contributed by atoms with Gasteiger partial charge < -0.3 is 15.6 Å². The van der Waals surface area contributed by atoms with Crippen LogP contribution in [-0.4, -0.2) is 21.5 Å². The molecule has 1 aromatic heterocycles. The molecule has 0 bridgehead atoms. The van der Waals surface area contributed by atoms with E-state index < -0.39 is 0 Å². The fraction of sp³-hybridized carbons (Fsp3) is 0.333. The summed E-state index contributed by atoms with van der Waals surface area (Å²) in [7, 11) is 0. The van der Waals surface area contributed by atoms with E-state index in [0.717, 1.165) is 11.9 Å². The molecule has 1 unspecified atom stereocenters. The highest BCUT2D eigenvalue weighted by molar-refractivity contribution is 6.35. The maximum Gasteiger partial charge on any atom is 0.220 e. The number of anilines is 1. The van der Waals surface area contributed by atoms with Crippen LogP contribution in [0, 0.1) is 0 Å². The van der Waals surface area contributed by atoms with E-state index in [4.69, 9.17) is 17.3 Å². The molecule has 0 aliphatic carbocycles. The average molecular weight is 265 g/mol. The summed E-state index contributed by atoms with van der Waals surface area (Å²) in [6.07, 6.45) is 1.41. The van der Waals surface area contributed by atoms with Crippen LogP contribution in [0.5, 0.6) is 0 Å². The molecule has 0 spiro atoms. The maximum atomic E-state index is 11.2. The molecule has 94 valence electrons. The normalized spacial score (nSPS) is 19.4. The van der Waals surface area contributed by atoms with Crippen LogP contribution in [0.1, 0.15) is 12.8 Å². The standard InChI is InChI=1S/C12H13ClN4O/c13-8-2-1-3-9-11(8)16-12(14)17(9)6-7-4-5-10(18)15-7/h1-3,7H,4-6H2,(H2,14,16)(H,15,18). The monoisotopic (exact) mass is 264 g/mol. The molecule has 0 radical (unpaired) electrons. The van der Waals surface area contributed by atoms with E-state index in [1.165, 1.54) is 0 Å². The van der Waals surface area contributed by atoms with Crippen molar-refractivity contribution >= 4 is 34.5 Å². The maximum absolute atomic E-state index is 11.2. The van der Waals surface area contributed by atoms with Gasteiger partial charge >= 0.3 is 0 Å². The Bertz CT molecular complexity index is 622. The van der Waals surface area contributed by atoms with Gasteiger partial charge in [-0.2, -0.15) is 0 Å². The van der Waals surface area contributed by atoms with Gasteiger partial charge in [-0.15, -0.1) is 0 Å². The van der Waals surface area contributed by atoms with Gasteiger partial charge in [-0.3, -0.25) is 4.79 Å². The number of hydrogen-bond acceptors (Lipinski definition) is 3. The number of rotatable bonds is 2. The van der Waals surface area contributed by atoms with Crippen LogP contribution in [-0.2, 0) is 11.3 Å². The van der Waals surface area contributed by atoms with Gasteiger partial charge in [0.1, 0.15) is 5.52 Å². The van der Waals surface area contributed by atoms with Gasteiger partial charge in [0.25, 0.3) is 0 Å². The first-order valence-electron chi connectivity index (χ1n) is 5.85. The molecule has 1 aliphatic heterocycles. The number of nitrogen functional groups attached to an aromatic ring is 1. The van der Waals surface area contributed by atoms with E-state index in [1.54, 1.807) is 6.07 Å². The minimum Gasteiger partial charge on any atom is -0.369 e. The van der Waals surface area contributed by atoms with Crippen LogP contribution >= 0.6 is 11.6 Å². The van der Waals surface area contributed by atoms with Crippen molar-refractivity contribution in [1.82, 2.24) is 14.9 Å². The summed E-state index contributed by atoms with van der Waals surface area (Å²) in [5.74, 6) is 0.528. The zero-order valence-electron chi connectivity index (χ0n) is 9.69. The van der Waals surface area contributed by atoms with Crippen LogP contribution in [0.15, 0.2) is 18.2 Å². The molecular weight excluding hydrogens is 252 g/mol. The highest BCUT2D eigenvalue weighted by Crippen LogP contribution is 2.25. The first-order valence-corrected chi connectivity index (χ1v) is 6.22. The Morgan fingerprint density at radius 2 is 2.39 bits per heavy atom. The molecule has 18 heavy (non-hydrogen) atoms. The van der Waals surface area contributed by atoms with Crippen molar-refractivity contribution in [3.8, 4) is 0 Å². The van der Waals surface area contributed by atoms with Crippen molar-refractivity contribution in [3.05, 3.63) is 23.2 Å². The smallest absolute Gasteiger partial charge is 0.220 e. The highest BCUT2D eigenvalue weighted by Gasteiger charge is 2.22. The van der Waals surface area contributed by atoms with Crippen molar-refractivity contribution < 1.29 is 4.79 Å². The molecule has 1 amide bonds. The molecule has 1 fully saturated rings. The van der Waals surface area contributed by atoms with Gasteiger partial charge in [-0.25, -0.2) is 4.98 Å². The van der Waals surface area contributed by atoms with Crippen LogP contribution < -0.4 is 11.1 Å². The number of nitrogens with zero attached hydrogens (tertiary/aromatic N) is 2. The van der Waals surface area contributed by atoms with E-state index in [0.29, 0.717) is 29.5 Å². The Morgan fingerprint density at radius 3 is 3.11 bits per heavy atom. The molecule has 3 N–H and O–H groups in total. The summed E-state index contributed by atoms with van der Waals surface area (Å²) in [6.45, 7) is 0.633. The van der Waals surface area contributed by atoms with Gasteiger partial charge in [0.15, 0.2) is 0 Å². The number of aromatic nitrogens is 2. The highest BCUT2D eigenvalue weighted by atomic mass is 35.5. The molecule has 0 saturated carbocycles. The van der Waals surface area contributed by atoms with Gasteiger partial charge in [0, 0.05) is 19.0 Å². The van der Waals surface area contributed by atoms with Crippen molar-refractivity contribution in [1.29, 1.82) is 0 Å². The SMILES string of the molecule is Nc1nc2c(Cl)cccc2n1CC1CCC(=O)N1. The number of para-hydroxylation sites is 1. The number of halogens is 1. The molecule has 1 atom stereocenters. The predicted octanol–water partition coefficient (Wildman–Crippen LogP) is 1.55. The lowest BCUT2D eigenvalue weighted by molar-refractivity contribution is -0.119. The first-order chi connectivity index (χ1) is 8.65. The van der Waals surface area contributed by atoms with Crippen molar-refractivity contribution in [3.63, 3.8) is 0 Å². The number of hydrogen-bond donors (Lipinski definition) is 2. The predicted molar refractivity (Wildman–Crippen MR) is 70.3 cm³/mol. The number of carbonyl (C=O) groups is 1. The molecule has 2 aromatic rings. The molecular formula is C12H13ClN4O. The second-order valence-electron chi connectivity index (χ2n) is 4.49. The number of benzene rings is 1. The van der Waals surface area contributed by atoms with Gasteiger partial charge in [-0.05, 0) is 18.6 Å². The van der Waals surface area contributed by atoms with Gasteiger partial charge in [-0.1, -0.05) is 17.7 Å². The number of fused-ring (bicyclic) bond motifs is 1. The molecule has 5 nitrogen and oxygen atoms in total. The summed E-state index contributed by atoms with van der Waals surface area (Å²) in [4.78, 5) is 15.5. The number of carbonyl (C=O) groups excluding carboxylic acids is 1. The minimum absolute atomic E-state index is 0.0982. The summed E-state index contributed by atoms with van der Waals surface area (Å²) in [6, 6.07) is 5.71. The summed E-state index contributed by atoms with van der Waals surface area (Å²) in [5.41, 5.74) is 7.53. The lowest BCUT2D eigenvalue weighted by Crippen LogP contribution is -2.29. The zero-order chi connectivity index (χ0) is 12.7. The van der Waals surface area contributed by atoms with E-state index in [9.17, 15) is 4.79 Å². The van der Waals surface area contributed by atoms with Crippen LogP contribution in [0.3, 0.4) is 0 Å². The Kier molecular flexibility index (Phi) is 2.63. The molecule has 3 rings (SSSR count). The Morgan fingerprint density at radius 1 is 1.56 bits per heavy atom. The summed E-state index contributed by atoms with van der Waals surface area (Å²) in [5, 5.41) is 3.51. The van der Waals surface area contributed by atoms with Gasteiger partial charge in [0.2, 0.25) is 11.9 Å². The lowest BCUT2D eigenvalue weighted by atomic mass is 10.2. The second kappa shape index (κ2) is 4.17. The Balaban J connectivity index is 1.98. The van der Waals surface area contributed by atoms with E-state index in [1.807, 2.05) is 16.7 Å². The first kappa shape index (κ1) is 11.3. The molecule has 1 aromatic carbocycles. The van der Waals surface area contributed by atoms with Crippen molar-refractivity contribution in [2.24, 2.45) is 0 Å². The molecule has 6 heteroatoms. The molecule has 1 saturated heterocycles. The number of imidazole rings is 1. The van der Waals surface area contributed by atoms with Crippen molar-refractivity contribution in [2.75, 3.05) is 5.73 Å². The quantitative estimate of drug-likeness (QED) is 0.864. The Hall–Kier alpha value is -1.75. The van der Waals surface area contributed by atoms with Crippen LogP contribution in [0.25, 0.3) is 11.0 Å². The third-order valence-electron chi connectivity index (χ3n) is 3.25. The third-order valence-corrected chi connectivity index (χ3v) is 3.55. The van der Waals surface area contributed by atoms with Crippen LogP contribution in [0.4, 0.5) is 5.95 Å². The van der Waals surface area contributed by atoms with Crippen LogP contribution in [0.2, 0.25) is 5.02 Å². The van der Waals surface area contributed by atoms with E-state index >= 15 is 0 Å². The fourth-order valence-electron chi connectivity index (χ4n) is 2.36. The van der Waals surface area contributed by atoms with Crippen molar-refractivity contribution in [2.45, 2.75) is 25.4 Å². The second-order valence-corrected chi connectivity index (χ2v) is 4.90.